The fourth-order valence-corrected chi connectivity index (χ4v) is 2.06. The first-order valence-corrected chi connectivity index (χ1v) is 3.68. The number of carboxylic acid groups (broad SMARTS) is 1. The summed E-state index contributed by atoms with van der Waals surface area (Å²) in [5.41, 5.74) is 0. The van der Waals surface area contributed by atoms with Gasteiger partial charge in [-0.3, -0.25) is 4.79 Å². The summed E-state index contributed by atoms with van der Waals surface area (Å²) in [6.07, 6.45) is 6.17. The Balaban J connectivity index is 0.000000605. The van der Waals surface area contributed by atoms with Crippen molar-refractivity contribution in [3.05, 3.63) is 19.6 Å². The van der Waals surface area contributed by atoms with Crippen LogP contribution in [0.2, 0.25) is 0 Å². The normalized spacial score (nSPS) is 35.5. The Morgan fingerprint density at radius 2 is 2.00 bits per heavy atom. The third-order valence-corrected chi connectivity index (χ3v) is 2.60. The van der Waals surface area contributed by atoms with E-state index in [1.807, 2.05) is 0 Å². The van der Waals surface area contributed by atoms with Crippen LogP contribution < -0.4 is 0 Å². The number of aliphatic carboxylic acids is 1. The minimum atomic E-state index is -0.614. The van der Waals surface area contributed by atoms with E-state index in [9.17, 15) is 4.79 Å². The Morgan fingerprint density at radius 1 is 1.33 bits per heavy atom. The molecule has 0 aromatic carbocycles. The van der Waals surface area contributed by atoms with Gasteiger partial charge in [-0.15, -0.1) is 0 Å². The molecular weight excluding hydrogens is 229 g/mol. The van der Waals surface area contributed by atoms with Crippen molar-refractivity contribution in [2.45, 2.75) is 12.8 Å². The SMILES string of the molecule is O=C(O)C1CC2C=CC1C2.[CH3-].[Y]. The van der Waals surface area contributed by atoms with Crippen molar-refractivity contribution in [1.29, 1.82) is 0 Å². The zero-order valence-electron chi connectivity index (χ0n) is 7.23. The van der Waals surface area contributed by atoms with Gasteiger partial charge in [0.05, 0.1) is 5.92 Å². The summed E-state index contributed by atoms with van der Waals surface area (Å²) >= 11 is 0. The van der Waals surface area contributed by atoms with Crippen molar-refractivity contribution >= 4 is 5.97 Å². The van der Waals surface area contributed by atoms with Crippen LogP contribution in [0.25, 0.3) is 0 Å². The first-order valence-electron chi connectivity index (χ1n) is 3.68. The Hall–Kier alpha value is 0.314. The van der Waals surface area contributed by atoms with Crippen molar-refractivity contribution in [3.63, 3.8) is 0 Å². The topological polar surface area (TPSA) is 37.3 Å². The van der Waals surface area contributed by atoms with E-state index < -0.39 is 5.97 Å². The summed E-state index contributed by atoms with van der Waals surface area (Å²) in [6.45, 7) is 0. The first-order chi connectivity index (χ1) is 4.77. The molecule has 0 aromatic rings. The molecule has 1 saturated carbocycles. The molecule has 0 spiro atoms. The minimum Gasteiger partial charge on any atom is -0.481 e. The van der Waals surface area contributed by atoms with Crippen LogP contribution in [0.5, 0.6) is 0 Å². The van der Waals surface area contributed by atoms with Gasteiger partial charge in [0.2, 0.25) is 0 Å². The summed E-state index contributed by atoms with van der Waals surface area (Å²) in [6, 6.07) is 0. The molecule has 2 aliphatic rings. The second-order valence-electron chi connectivity index (χ2n) is 3.22. The quantitative estimate of drug-likeness (QED) is 0.561. The van der Waals surface area contributed by atoms with E-state index >= 15 is 0 Å². The maximum absolute atomic E-state index is 10.6. The fraction of sp³-hybridized carbons (Fsp3) is 0.556. The Labute approximate surface area is 98.3 Å². The molecule has 3 atom stereocenters. The van der Waals surface area contributed by atoms with Gasteiger partial charge in [-0.05, 0) is 24.7 Å². The average molecular weight is 242 g/mol. The zero-order chi connectivity index (χ0) is 7.14. The van der Waals surface area contributed by atoms with E-state index in [0.717, 1.165) is 12.8 Å². The van der Waals surface area contributed by atoms with E-state index in [2.05, 4.69) is 12.2 Å². The van der Waals surface area contributed by atoms with Gasteiger partial charge in [0.15, 0.2) is 0 Å². The van der Waals surface area contributed by atoms with Crippen LogP contribution in [0, 0.1) is 25.2 Å². The molecular formula is C9H13O2Y-. The van der Waals surface area contributed by atoms with E-state index in [1.54, 1.807) is 0 Å². The van der Waals surface area contributed by atoms with Gasteiger partial charge >= 0.3 is 5.97 Å². The summed E-state index contributed by atoms with van der Waals surface area (Å²) in [7, 11) is 0. The molecule has 3 unspecified atom stereocenters. The molecule has 1 radical (unpaired) electrons. The molecule has 2 nitrogen and oxygen atoms in total. The van der Waals surface area contributed by atoms with Crippen molar-refractivity contribution in [3.8, 4) is 0 Å². The summed E-state index contributed by atoms with van der Waals surface area (Å²) in [4.78, 5) is 10.6. The monoisotopic (exact) mass is 242 g/mol. The Morgan fingerprint density at radius 3 is 2.25 bits per heavy atom. The number of hydrogen-bond donors (Lipinski definition) is 1. The van der Waals surface area contributed by atoms with Gasteiger partial charge in [0.25, 0.3) is 0 Å². The van der Waals surface area contributed by atoms with Gasteiger partial charge in [-0.2, -0.15) is 0 Å². The van der Waals surface area contributed by atoms with Gasteiger partial charge < -0.3 is 12.5 Å². The van der Waals surface area contributed by atoms with Gasteiger partial charge in [-0.25, -0.2) is 0 Å². The van der Waals surface area contributed by atoms with Crippen LogP contribution in [0.15, 0.2) is 12.2 Å². The van der Waals surface area contributed by atoms with E-state index in [4.69, 9.17) is 5.11 Å². The molecule has 0 aromatic heterocycles. The van der Waals surface area contributed by atoms with Crippen LogP contribution in [0.4, 0.5) is 0 Å². The smallest absolute Gasteiger partial charge is 0.307 e. The molecule has 1 N–H and O–H groups in total. The summed E-state index contributed by atoms with van der Waals surface area (Å²) < 4.78 is 0. The molecule has 0 saturated heterocycles. The molecule has 0 heterocycles. The third kappa shape index (κ3) is 1.97. The van der Waals surface area contributed by atoms with Crippen molar-refractivity contribution < 1.29 is 42.6 Å². The maximum Gasteiger partial charge on any atom is 0.307 e. The van der Waals surface area contributed by atoms with Crippen molar-refractivity contribution in [2.75, 3.05) is 0 Å². The number of hydrogen-bond acceptors (Lipinski definition) is 1. The summed E-state index contributed by atoms with van der Waals surface area (Å²) in [5, 5.41) is 8.70. The number of carbonyl (C=O) groups is 1. The number of allylic oxidation sites excluding steroid dienone is 2. The molecule has 1 fully saturated rings. The van der Waals surface area contributed by atoms with E-state index in [-0.39, 0.29) is 46.1 Å². The molecule has 2 rings (SSSR count). The molecule has 12 heavy (non-hydrogen) atoms. The predicted molar refractivity (Wildman–Crippen MR) is 42.9 cm³/mol. The molecule has 2 aliphatic carbocycles. The van der Waals surface area contributed by atoms with Crippen molar-refractivity contribution in [1.82, 2.24) is 0 Å². The Kier molecular flexibility index (Phi) is 4.64. The molecule has 65 valence electrons. The van der Waals surface area contributed by atoms with Gasteiger partial charge in [0, 0.05) is 32.7 Å². The fourth-order valence-electron chi connectivity index (χ4n) is 2.06. The summed E-state index contributed by atoms with van der Waals surface area (Å²) in [5.74, 6) is 0.237. The van der Waals surface area contributed by atoms with Crippen LogP contribution in [-0.4, -0.2) is 11.1 Å². The van der Waals surface area contributed by atoms with E-state index in [0.29, 0.717) is 11.8 Å². The second-order valence-corrected chi connectivity index (χ2v) is 3.22. The molecule has 3 heteroatoms. The third-order valence-electron chi connectivity index (χ3n) is 2.60. The van der Waals surface area contributed by atoms with Crippen LogP contribution in [-0.2, 0) is 37.5 Å². The van der Waals surface area contributed by atoms with Crippen LogP contribution in [0.3, 0.4) is 0 Å². The standard InChI is InChI=1S/C8H10O2.CH3.Y/c9-8(10)7-4-5-1-2-6(7)3-5;;/h1-2,5-7H,3-4H2,(H,9,10);1H3;/q;-1;. The average Bonchev–Trinajstić information content (AvgIpc) is 2.44. The first kappa shape index (κ1) is 12.3. The van der Waals surface area contributed by atoms with Crippen LogP contribution >= 0.6 is 0 Å². The van der Waals surface area contributed by atoms with Gasteiger partial charge in [-0.1, -0.05) is 12.2 Å². The number of fused-ring (bicyclic) bond motifs is 2. The van der Waals surface area contributed by atoms with Gasteiger partial charge in [0.1, 0.15) is 0 Å². The largest absolute Gasteiger partial charge is 0.481 e. The number of carboxylic acids is 1. The zero-order valence-corrected chi connectivity index (χ0v) is 10.1. The van der Waals surface area contributed by atoms with Crippen molar-refractivity contribution in [2.24, 2.45) is 17.8 Å². The predicted octanol–water partition coefficient (Wildman–Crippen LogP) is 1.73. The molecule has 2 bridgehead atoms. The second kappa shape index (κ2) is 4.52. The van der Waals surface area contributed by atoms with Crippen LogP contribution in [0.1, 0.15) is 12.8 Å². The Bertz CT molecular complexity index is 201. The minimum absolute atomic E-state index is 0. The number of rotatable bonds is 1. The van der Waals surface area contributed by atoms with E-state index in [1.165, 1.54) is 0 Å². The maximum atomic E-state index is 10.6. The molecule has 0 amide bonds. The molecule has 0 aliphatic heterocycles.